The van der Waals surface area contributed by atoms with Crippen molar-refractivity contribution in [3.8, 4) is 0 Å². The number of esters is 1. The maximum absolute atomic E-state index is 12.1. The molecule has 0 saturated heterocycles. The summed E-state index contributed by atoms with van der Waals surface area (Å²) in [5, 5.41) is 6.24. The molecule has 7 nitrogen and oxygen atoms in total. The van der Waals surface area contributed by atoms with E-state index in [4.69, 9.17) is 9.15 Å². The van der Waals surface area contributed by atoms with Gasteiger partial charge in [-0.25, -0.2) is 9.79 Å². The molecule has 0 aliphatic rings. The van der Waals surface area contributed by atoms with Gasteiger partial charge in [-0.05, 0) is 31.0 Å². The zero-order chi connectivity index (χ0) is 22.9. The Morgan fingerprint density at radius 2 is 1.81 bits per heavy atom. The number of halogens is 4. The summed E-state index contributed by atoms with van der Waals surface area (Å²) in [6.45, 7) is 3.57. The number of rotatable bonds is 9. The van der Waals surface area contributed by atoms with Gasteiger partial charge in [-0.3, -0.25) is 0 Å². The standard InChI is InChI=1S/C21H26F3N3O4.HI/c1-4-25-20(27-11-17-9-18(14(2)31-17)19(28)29-3)26-10-15-5-7-16(8-6-15)12-30-13-21(22,23)24;/h5-9H,4,10-13H2,1-3H3,(H2,25,26,27);1H. The quantitative estimate of drug-likeness (QED) is 0.203. The van der Waals surface area contributed by atoms with E-state index in [2.05, 4.69) is 20.4 Å². The Labute approximate surface area is 201 Å². The van der Waals surface area contributed by atoms with Crippen molar-refractivity contribution in [3.63, 3.8) is 0 Å². The van der Waals surface area contributed by atoms with E-state index >= 15 is 0 Å². The lowest BCUT2D eigenvalue weighted by Gasteiger charge is -2.10. The Kier molecular flexibility index (Phi) is 11.5. The highest BCUT2D eigenvalue weighted by molar-refractivity contribution is 14.0. The predicted octanol–water partition coefficient (Wildman–Crippen LogP) is 4.33. The van der Waals surface area contributed by atoms with Gasteiger partial charge in [0, 0.05) is 6.54 Å². The number of furan rings is 1. The number of ether oxygens (including phenoxy) is 2. The number of hydrogen-bond donors (Lipinski definition) is 2. The van der Waals surface area contributed by atoms with Crippen LogP contribution in [-0.2, 0) is 29.2 Å². The summed E-state index contributed by atoms with van der Waals surface area (Å²) in [5.41, 5.74) is 1.91. The third-order valence-electron chi connectivity index (χ3n) is 4.13. The Balaban J connectivity index is 0.00000512. The van der Waals surface area contributed by atoms with Crippen LogP contribution < -0.4 is 10.6 Å². The summed E-state index contributed by atoms with van der Waals surface area (Å²) in [7, 11) is 1.31. The van der Waals surface area contributed by atoms with Gasteiger partial charge in [0.25, 0.3) is 0 Å². The number of carbonyl (C=O) groups is 1. The molecule has 1 aromatic heterocycles. The van der Waals surface area contributed by atoms with Gasteiger partial charge in [0.05, 0.1) is 26.8 Å². The first-order valence-corrected chi connectivity index (χ1v) is 9.64. The van der Waals surface area contributed by atoms with Gasteiger partial charge in [0.15, 0.2) is 5.96 Å². The summed E-state index contributed by atoms with van der Waals surface area (Å²) < 4.78 is 51.3. The SMILES string of the molecule is CCNC(=NCc1ccc(COCC(F)(F)F)cc1)NCc1cc(C(=O)OC)c(C)o1.I. The molecule has 11 heteroatoms. The van der Waals surface area contributed by atoms with Gasteiger partial charge in [0.1, 0.15) is 23.7 Å². The van der Waals surface area contributed by atoms with E-state index in [0.29, 0.717) is 48.2 Å². The van der Waals surface area contributed by atoms with Crippen LogP contribution in [0.4, 0.5) is 13.2 Å². The molecular weight excluding hydrogens is 542 g/mol. The number of hydrogen-bond acceptors (Lipinski definition) is 5. The first-order chi connectivity index (χ1) is 14.7. The lowest BCUT2D eigenvalue weighted by Crippen LogP contribution is -2.36. The van der Waals surface area contributed by atoms with Crippen molar-refractivity contribution in [2.24, 2.45) is 4.99 Å². The topological polar surface area (TPSA) is 85.1 Å². The zero-order valence-electron chi connectivity index (χ0n) is 18.0. The molecular formula is C21H27F3IN3O4. The molecule has 0 unspecified atom stereocenters. The van der Waals surface area contributed by atoms with Gasteiger partial charge in [-0.1, -0.05) is 24.3 Å². The van der Waals surface area contributed by atoms with Crippen molar-refractivity contribution in [2.75, 3.05) is 20.3 Å². The molecule has 0 atom stereocenters. The van der Waals surface area contributed by atoms with E-state index in [0.717, 1.165) is 5.56 Å². The fourth-order valence-electron chi connectivity index (χ4n) is 2.65. The van der Waals surface area contributed by atoms with E-state index in [-0.39, 0.29) is 30.6 Å². The summed E-state index contributed by atoms with van der Waals surface area (Å²) in [4.78, 5) is 16.2. The Morgan fingerprint density at radius 1 is 1.16 bits per heavy atom. The van der Waals surface area contributed by atoms with Gasteiger partial charge in [0.2, 0.25) is 0 Å². The van der Waals surface area contributed by atoms with Crippen LogP contribution >= 0.6 is 24.0 Å². The minimum absolute atomic E-state index is 0. The minimum atomic E-state index is -4.33. The minimum Gasteiger partial charge on any atom is -0.465 e. The van der Waals surface area contributed by atoms with Crippen molar-refractivity contribution >= 4 is 35.9 Å². The van der Waals surface area contributed by atoms with E-state index in [1.165, 1.54) is 7.11 Å². The van der Waals surface area contributed by atoms with Crippen LogP contribution in [0.25, 0.3) is 0 Å². The van der Waals surface area contributed by atoms with Crippen molar-refractivity contribution in [1.29, 1.82) is 0 Å². The number of alkyl halides is 3. The number of methoxy groups -OCH3 is 1. The summed E-state index contributed by atoms with van der Waals surface area (Å²) in [6.07, 6.45) is -4.33. The highest BCUT2D eigenvalue weighted by Crippen LogP contribution is 2.17. The second-order valence-electron chi connectivity index (χ2n) is 6.65. The van der Waals surface area contributed by atoms with E-state index < -0.39 is 18.8 Å². The molecule has 2 rings (SSSR count). The van der Waals surface area contributed by atoms with Crippen LogP contribution in [0.1, 0.15) is 39.9 Å². The fraction of sp³-hybridized carbons (Fsp3) is 0.429. The van der Waals surface area contributed by atoms with Gasteiger partial charge < -0.3 is 24.5 Å². The summed E-state index contributed by atoms with van der Waals surface area (Å²) in [5.74, 6) is 1.13. The molecule has 0 saturated carbocycles. The highest BCUT2D eigenvalue weighted by atomic mass is 127. The largest absolute Gasteiger partial charge is 0.465 e. The maximum Gasteiger partial charge on any atom is 0.411 e. The van der Waals surface area contributed by atoms with Crippen molar-refractivity contribution in [2.45, 2.75) is 39.7 Å². The second-order valence-corrected chi connectivity index (χ2v) is 6.65. The van der Waals surface area contributed by atoms with Gasteiger partial charge in [-0.2, -0.15) is 13.2 Å². The number of guanidine groups is 1. The normalized spacial score (nSPS) is 11.6. The lowest BCUT2D eigenvalue weighted by atomic mass is 10.1. The first-order valence-electron chi connectivity index (χ1n) is 9.64. The molecule has 0 aliphatic carbocycles. The molecule has 2 aromatic rings. The summed E-state index contributed by atoms with van der Waals surface area (Å²) >= 11 is 0. The van der Waals surface area contributed by atoms with Crippen LogP contribution in [-0.4, -0.2) is 38.4 Å². The second kappa shape index (κ2) is 13.3. The third-order valence-corrected chi connectivity index (χ3v) is 4.13. The average molecular weight is 569 g/mol. The van der Waals surface area contributed by atoms with Crippen LogP contribution in [0.5, 0.6) is 0 Å². The Morgan fingerprint density at radius 3 is 2.41 bits per heavy atom. The average Bonchev–Trinajstić information content (AvgIpc) is 3.10. The van der Waals surface area contributed by atoms with Crippen LogP contribution in [0.15, 0.2) is 39.7 Å². The van der Waals surface area contributed by atoms with Crippen LogP contribution in [0.3, 0.4) is 0 Å². The van der Waals surface area contributed by atoms with E-state index in [1.807, 2.05) is 6.92 Å². The lowest BCUT2D eigenvalue weighted by molar-refractivity contribution is -0.176. The van der Waals surface area contributed by atoms with Gasteiger partial charge >= 0.3 is 12.1 Å². The Hall–Kier alpha value is -2.28. The Bertz CT molecular complexity index is 883. The molecule has 0 radical (unpaired) electrons. The zero-order valence-corrected chi connectivity index (χ0v) is 20.4. The predicted molar refractivity (Wildman–Crippen MR) is 124 cm³/mol. The molecule has 0 amide bonds. The number of aliphatic imine (C=N–C) groups is 1. The number of carbonyl (C=O) groups excluding carboxylic acids is 1. The first kappa shape index (κ1) is 27.8. The fourth-order valence-corrected chi connectivity index (χ4v) is 2.65. The molecule has 0 aliphatic heterocycles. The molecule has 1 heterocycles. The van der Waals surface area contributed by atoms with Crippen molar-refractivity contribution < 1.29 is 31.9 Å². The number of aryl methyl sites for hydroxylation is 1. The van der Waals surface area contributed by atoms with E-state index in [1.54, 1.807) is 37.3 Å². The molecule has 0 bridgehead atoms. The van der Waals surface area contributed by atoms with Crippen molar-refractivity contribution in [3.05, 3.63) is 58.5 Å². The molecule has 178 valence electrons. The maximum atomic E-state index is 12.1. The highest BCUT2D eigenvalue weighted by Gasteiger charge is 2.27. The number of nitrogens with one attached hydrogen (secondary N) is 2. The molecule has 0 fully saturated rings. The van der Waals surface area contributed by atoms with Gasteiger partial charge in [-0.15, -0.1) is 24.0 Å². The van der Waals surface area contributed by atoms with Crippen LogP contribution in [0, 0.1) is 6.92 Å². The van der Waals surface area contributed by atoms with E-state index in [9.17, 15) is 18.0 Å². The monoisotopic (exact) mass is 569 g/mol. The van der Waals surface area contributed by atoms with Crippen molar-refractivity contribution in [1.82, 2.24) is 10.6 Å². The third kappa shape index (κ3) is 9.47. The molecule has 0 spiro atoms. The van der Waals surface area contributed by atoms with Crippen LogP contribution in [0.2, 0.25) is 0 Å². The molecule has 32 heavy (non-hydrogen) atoms. The number of nitrogens with zero attached hydrogens (tertiary/aromatic N) is 1. The molecule has 1 aromatic carbocycles. The summed E-state index contributed by atoms with van der Waals surface area (Å²) in [6, 6.07) is 8.62. The smallest absolute Gasteiger partial charge is 0.411 e. The molecule has 2 N–H and O–H groups in total. The number of benzene rings is 1.